The van der Waals surface area contributed by atoms with Gasteiger partial charge in [0.05, 0.1) is 27.7 Å². The molecule has 2 atom stereocenters. The second-order valence-electron chi connectivity index (χ2n) is 29.8. The molecule has 2 unspecified atom stereocenters. The highest BCUT2D eigenvalue weighted by atomic mass is 31.2. The normalized spacial score (nSPS) is 13.5. The number of allylic oxidation sites excluding steroid dienone is 18. The van der Waals surface area contributed by atoms with Crippen LogP contribution in [0.5, 0.6) is 0 Å². The van der Waals surface area contributed by atoms with E-state index in [1.807, 2.05) is 21.1 Å². The molecule has 0 aromatic carbocycles. The lowest BCUT2D eigenvalue weighted by Crippen LogP contribution is -2.37. The number of phosphoric ester groups is 1. The number of esters is 2. The summed E-state index contributed by atoms with van der Waals surface area (Å²) in [6, 6.07) is 0. The van der Waals surface area contributed by atoms with Crippen LogP contribution in [0.1, 0.15) is 399 Å². The molecule has 0 bridgehead atoms. The van der Waals surface area contributed by atoms with Crippen LogP contribution in [-0.2, 0) is 32.7 Å². The van der Waals surface area contributed by atoms with Crippen LogP contribution in [0.4, 0.5) is 0 Å². The highest BCUT2D eigenvalue weighted by Gasteiger charge is 2.22. The van der Waals surface area contributed by atoms with Gasteiger partial charge < -0.3 is 27.9 Å². The molecule has 580 valence electrons. The lowest BCUT2D eigenvalue weighted by molar-refractivity contribution is -0.870. The Kier molecular flexibility index (Phi) is 77.1. The number of hydrogen-bond donors (Lipinski definition) is 0. The Morgan fingerprint density at radius 1 is 0.320 bits per heavy atom. The van der Waals surface area contributed by atoms with Gasteiger partial charge in [-0.15, -0.1) is 0 Å². The second-order valence-corrected chi connectivity index (χ2v) is 31.2. The molecule has 0 amide bonds. The topological polar surface area (TPSA) is 111 Å². The number of rotatable bonds is 79. The molecular formula is C90H162NO8P. The van der Waals surface area contributed by atoms with Crippen LogP contribution in [0.2, 0.25) is 0 Å². The van der Waals surface area contributed by atoms with Crippen molar-refractivity contribution >= 4 is 19.8 Å². The molecule has 0 saturated heterocycles. The quantitative estimate of drug-likeness (QED) is 0.0195. The molecule has 0 saturated carbocycles. The van der Waals surface area contributed by atoms with Crippen molar-refractivity contribution in [2.24, 2.45) is 0 Å². The first-order valence-corrected chi connectivity index (χ1v) is 44.1. The Morgan fingerprint density at radius 3 is 0.850 bits per heavy atom. The molecule has 0 radical (unpaired) electrons. The van der Waals surface area contributed by atoms with Crippen LogP contribution in [-0.4, -0.2) is 70.0 Å². The fraction of sp³-hybridized carbons (Fsp3) is 0.778. The molecule has 0 N–H and O–H groups in total. The minimum Gasteiger partial charge on any atom is -0.756 e. The van der Waals surface area contributed by atoms with E-state index in [1.54, 1.807) is 0 Å². The predicted molar refractivity (Wildman–Crippen MR) is 434 cm³/mol. The van der Waals surface area contributed by atoms with Gasteiger partial charge in [0.25, 0.3) is 7.82 Å². The maximum Gasteiger partial charge on any atom is 0.306 e. The summed E-state index contributed by atoms with van der Waals surface area (Å²) < 4.78 is 34.5. The van der Waals surface area contributed by atoms with E-state index in [4.69, 9.17) is 18.5 Å². The van der Waals surface area contributed by atoms with Gasteiger partial charge in [0.2, 0.25) is 0 Å². The molecule has 0 rings (SSSR count). The smallest absolute Gasteiger partial charge is 0.306 e. The van der Waals surface area contributed by atoms with Gasteiger partial charge in [-0.1, -0.05) is 393 Å². The van der Waals surface area contributed by atoms with E-state index >= 15 is 0 Å². The first-order chi connectivity index (χ1) is 49.0. The Labute approximate surface area is 620 Å². The third kappa shape index (κ3) is 83.6. The van der Waals surface area contributed by atoms with Crippen LogP contribution in [0.3, 0.4) is 0 Å². The third-order valence-electron chi connectivity index (χ3n) is 18.8. The SMILES string of the molecule is CC/C=C\C/C=C\C/C=C\C/C=C\C/C=C\C/C=C\CCCCCCCCCCCCCCCCCCCCCCC(=O)OC(COC(=O)CCCCCCCCCCCCCCCCCCCCCCCC/C=C\C/C=C\C/C=C\CCCCCCC)COP(=O)([O-])OCC[N+](C)(C)C. The van der Waals surface area contributed by atoms with Gasteiger partial charge in [0.15, 0.2) is 6.10 Å². The van der Waals surface area contributed by atoms with Crippen LogP contribution < -0.4 is 4.89 Å². The highest BCUT2D eigenvalue weighted by Crippen LogP contribution is 2.38. The van der Waals surface area contributed by atoms with Crippen molar-refractivity contribution in [1.29, 1.82) is 0 Å². The third-order valence-corrected chi connectivity index (χ3v) is 19.7. The maximum absolute atomic E-state index is 12.9. The number of hydrogen-bond acceptors (Lipinski definition) is 8. The van der Waals surface area contributed by atoms with Gasteiger partial charge in [-0.25, -0.2) is 0 Å². The summed E-state index contributed by atoms with van der Waals surface area (Å²) in [6.45, 7) is 4.17. The number of quaternary nitrogens is 1. The van der Waals surface area contributed by atoms with Gasteiger partial charge in [0.1, 0.15) is 19.8 Å². The van der Waals surface area contributed by atoms with Crippen molar-refractivity contribution in [1.82, 2.24) is 0 Å². The zero-order chi connectivity index (χ0) is 72.5. The Bertz CT molecular complexity index is 2060. The number of nitrogens with zero attached hydrogens (tertiary/aromatic N) is 1. The molecule has 0 heterocycles. The summed E-state index contributed by atoms with van der Waals surface area (Å²) in [4.78, 5) is 38.2. The second kappa shape index (κ2) is 79.8. The lowest BCUT2D eigenvalue weighted by atomic mass is 10.0. The monoisotopic (exact) mass is 1420 g/mol. The average molecular weight is 1420 g/mol. The molecule has 0 fully saturated rings. The number of carbonyl (C=O) groups is 2. The summed E-state index contributed by atoms with van der Waals surface area (Å²) in [7, 11) is 1.18. The molecule has 0 aliphatic carbocycles. The molecule has 0 aromatic rings. The van der Waals surface area contributed by atoms with Gasteiger partial charge in [-0.3, -0.25) is 14.2 Å². The van der Waals surface area contributed by atoms with Crippen molar-refractivity contribution in [2.45, 2.75) is 405 Å². The van der Waals surface area contributed by atoms with Gasteiger partial charge in [-0.2, -0.15) is 0 Å². The number of ether oxygens (including phenoxy) is 2. The zero-order valence-corrected chi connectivity index (χ0v) is 67.3. The van der Waals surface area contributed by atoms with E-state index in [0.29, 0.717) is 17.4 Å². The summed E-state index contributed by atoms with van der Waals surface area (Å²) in [5.74, 6) is -0.815. The van der Waals surface area contributed by atoms with Crippen LogP contribution >= 0.6 is 7.82 Å². The summed E-state index contributed by atoms with van der Waals surface area (Å²) in [5.41, 5.74) is 0. The molecule has 0 aliphatic heterocycles. The van der Waals surface area contributed by atoms with Crippen LogP contribution in [0, 0.1) is 0 Å². The summed E-state index contributed by atoms with van der Waals surface area (Å²) in [5, 5.41) is 0. The number of likely N-dealkylation sites (N-methyl/N-ethyl adjacent to an activating group) is 1. The minimum absolute atomic E-state index is 0.0308. The molecule has 0 aromatic heterocycles. The van der Waals surface area contributed by atoms with Crippen molar-refractivity contribution in [3.8, 4) is 0 Å². The largest absolute Gasteiger partial charge is 0.756 e. The molecule has 0 spiro atoms. The number of unbranched alkanes of at least 4 members (excludes halogenated alkanes) is 47. The van der Waals surface area contributed by atoms with Gasteiger partial charge in [-0.05, 0) is 103 Å². The summed E-state index contributed by atoms with van der Waals surface area (Å²) >= 11 is 0. The minimum atomic E-state index is -4.65. The molecule has 0 aliphatic rings. The Morgan fingerprint density at radius 2 is 0.570 bits per heavy atom. The van der Waals surface area contributed by atoms with E-state index in [1.165, 1.54) is 276 Å². The van der Waals surface area contributed by atoms with Gasteiger partial charge >= 0.3 is 11.9 Å². The van der Waals surface area contributed by atoms with E-state index < -0.39 is 26.5 Å². The van der Waals surface area contributed by atoms with Crippen LogP contribution in [0.25, 0.3) is 0 Å². The fourth-order valence-electron chi connectivity index (χ4n) is 12.3. The Balaban J connectivity index is 3.91. The van der Waals surface area contributed by atoms with E-state index in [0.717, 1.165) is 89.9 Å². The van der Waals surface area contributed by atoms with Crippen molar-refractivity contribution in [3.05, 3.63) is 109 Å². The molecule has 10 heteroatoms. The van der Waals surface area contributed by atoms with E-state index in [2.05, 4.69) is 123 Å². The molecule has 9 nitrogen and oxygen atoms in total. The van der Waals surface area contributed by atoms with Crippen LogP contribution in [0.15, 0.2) is 109 Å². The molecular weight excluding hydrogens is 1250 g/mol. The molecule has 100 heavy (non-hydrogen) atoms. The Hall–Kier alpha value is -3.33. The average Bonchev–Trinajstić information content (AvgIpc) is 1.07. The lowest BCUT2D eigenvalue weighted by Gasteiger charge is -2.28. The standard InChI is InChI=1S/C90H162NO8P/c1-6-8-10-12-14-16-18-20-22-24-26-28-30-32-34-36-38-40-42-44-45-47-49-51-53-55-57-59-61-63-65-67-69-71-73-75-77-79-81-83-90(93)99-88(87-98-100(94,95)97-85-84-91(3,4)5)86-96-89(92)82-80-78-76-74-72-70-68-66-64-62-60-58-56-54-52-50-48-46-43-41-39-37-35-33-31-29-27-25-23-21-19-17-15-13-11-9-7-2/h8,10,14,16,19-22,25-28,31-34,38,40,88H,6-7,9,11-13,15,17-18,23-24,29-30,35-37,39,41-87H2,1-5H3/b10-8-,16-14-,21-19-,22-20-,27-25-,28-26-,33-31-,34-32-,40-38-. The van der Waals surface area contributed by atoms with E-state index in [9.17, 15) is 19.0 Å². The predicted octanol–water partition coefficient (Wildman–Crippen LogP) is 28.1. The number of carbonyl (C=O) groups excluding carboxylic acids is 2. The number of phosphoric acid groups is 1. The van der Waals surface area contributed by atoms with Gasteiger partial charge in [0, 0.05) is 12.8 Å². The fourth-order valence-corrected chi connectivity index (χ4v) is 13.0. The zero-order valence-electron chi connectivity index (χ0n) is 66.4. The van der Waals surface area contributed by atoms with Crippen molar-refractivity contribution in [3.63, 3.8) is 0 Å². The highest BCUT2D eigenvalue weighted by molar-refractivity contribution is 7.45. The first kappa shape index (κ1) is 96.7. The summed E-state index contributed by atoms with van der Waals surface area (Å²) in [6.07, 6.45) is 114. The van der Waals surface area contributed by atoms with Crippen molar-refractivity contribution < 1.29 is 42.1 Å². The first-order valence-electron chi connectivity index (χ1n) is 42.6. The van der Waals surface area contributed by atoms with Crippen molar-refractivity contribution in [2.75, 3.05) is 47.5 Å². The maximum atomic E-state index is 12.9. The van der Waals surface area contributed by atoms with E-state index in [-0.39, 0.29) is 32.0 Å².